The molecule has 2 saturated carbocycles. The van der Waals surface area contributed by atoms with E-state index >= 15 is 0 Å². The largest absolute Gasteiger partial charge is 0.534 e. The summed E-state index contributed by atoms with van der Waals surface area (Å²) in [6.07, 6.45) is 4.71. The van der Waals surface area contributed by atoms with Crippen molar-refractivity contribution in [1.82, 2.24) is 0 Å². The monoisotopic (exact) mass is 378 g/mol. The first-order valence-corrected chi connectivity index (χ1v) is 12.5. The van der Waals surface area contributed by atoms with Gasteiger partial charge in [0.2, 0.25) is 0 Å². The molecule has 26 heavy (non-hydrogen) atoms. The Morgan fingerprint density at radius 1 is 1.04 bits per heavy atom. The first kappa shape index (κ1) is 19.6. The van der Waals surface area contributed by atoms with E-state index in [4.69, 9.17) is 18.6 Å². The van der Waals surface area contributed by atoms with Crippen LogP contribution in [0.5, 0.6) is 17.2 Å². The van der Waals surface area contributed by atoms with Gasteiger partial charge in [-0.2, -0.15) is 0 Å². The summed E-state index contributed by atoms with van der Waals surface area (Å²) in [5.41, 5.74) is 1.02. The standard InChI is InChI=1S/C19H31BO5Si/c1-19(2,3)26(4,5)22-12-13-10-16(23-14-6-7-14)18(25-20-21)17(11-13)24-15-8-9-15/h10-11,14-15,20-21H,6-9,12H2,1-5H3. The van der Waals surface area contributed by atoms with Crippen LogP contribution in [0.3, 0.4) is 0 Å². The minimum absolute atomic E-state index is 0.160. The molecule has 0 atom stereocenters. The summed E-state index contributed by atoms with van der Waals surface area (Å²) in [7, 11) is -2.24. The quantitative estimate of drug-likeness (QED) is 0.660. The predicted octanol–water partition coefficient (Wildman–Crippen LogP) is 3.93. The Bertz CT molecular complexity index is 600. The molecule has 5 nitrogen and oxygen atoms in total. The van der Waals surface area contributed by atoms with Gasteiger partial charge in [0.1, 0.15) is 0 Å². The Balaban J connectivity index is 1.83. The Hall–Kier alpha value is -1.18. The lowest BCUT2D eigenvalue weighted by atomic mass is 10.2. The van der Waals surface area contributed by atoms with Crippen LogP contribution >= 0.6 is 0 Å². The van der Waals surface area contributed by atoms with Gasteiger partial charge in [0.05, 0.1) is 18.8 Å². The van der Waals surface area contributed by atoms with Crippen LogP contribution in [0.15, 0.2) is 12.1 Å². The van der Waals surface area contributed by atoms with Crippen molar-refractivity contribution in [3.63, 3.8) is 0 Å². The van der Waals surface area contributed by atoms with Gasteiger partial charge in [-0.05, 0) is 61.5 Å². The summed E-state index contributed by atoms with van der Waals surface area (Å²) in [6, 6.07) is 3.94. The van der Waals surface area contributed by atoms with E-state index in [0.717, 1.165) is 31.2 Å². The molecular formula is C19H31BO5Si. The van der Waals surface area contributed by atoms with Crippen molar-refractivity contribution >= 4 is 16.0 Å². The molecule has 0 heterocycles. The van der Waals surface area contributed by atoms with Gasteiger partial charge in [-0.25, -0.2) is 0 Å². The molecule has 0 radical (unpaired) electrons. The number of ether oxygens (including phenoxy) is 2. The average Bonchev–Trinajstić information content (AvgIpc) is 3.43. The minimum Gasteiger partial charge on any atom is -0.534 e. The van der Waals surface area contributed by atoms with Gasteiger partial charge in [0, 0.05) is 0 Å². The third-order valence-corrected chi connectivity index (χ3v) is 9.81. The molecule has 0 saturated heterocycles. The molecular weight excluding hydrogens is 347 g/mol. The second-order valence-corrected chi connectivity index (χ2v) is 13.7. The van der Waals surface area contributed by atoms with E-state index < -0.39 is 16.0 Å². The lowest BCUT2D eigenvalue weighted by molar-refractivity contribution is 0.258. The van der Waals surface area contributed by atoms with Crippen molar-refractivity contribution in [3.8, 4) is 17.2 Å². The van der Waals surface area contributed by atoms with Crippen LogP contribution in [0, 0.1) is 0 Å². The lowest BCUT2D eigenvalue weighted by Gasteiger charge is -2.36. The van der Waals surface area contributed by atoms with Crippen molar-refractivity contribution in [2.75, 3.05) is 0 Å². The minimum atomic E-state index is -1.84. The van der Waals surface area contributed by atoms with Crippen LogP contribution in [0.25, 0.3) is 0 Å². The maximum absolute atomic E-state index is 9.28. The van der Waals surface area contributed by atoms with Crippen LogP contribution in [-0.2, 0) is 11.0 Å². The third kappa shape index (κ3) is 4.96. The SMILES string of the molecule is CC(C)(C)[Si](C)(C)OCc1cc(OC2CC2)c(OBO)c(OC2CC2)c1. The summed E-state index contributed by atoms with van der Waals surface area (Å²) >= 11 is 0. The highest BCUT2D eigenvalue weighted by atomic mass is 28.4. The molecule has 0 amide bonds. The topological polar surface area (TPSA) is 57.2 Å². The van der Waals surface area contributed by atoms with E-state index in [0.29, 0.717) is 23.9 Å². The summed E-state index contributed by atoms with van der Waals surface area (Å²) < 4.78 is 23.9. The van der Waals surface area contributed by atoms with Crippen molar-refractivity contribution in [3.05, 3.63) is 17.7 Å². The van der Waals surface area contributed by atoms with Gasteiger partial charge in [-0.1, -0.05) is 20.8 Å². The summed E-state index contributed by atoms with van der Waals surface area (Å²) in [4.78, 5) is 0. The van der Waals surface area contributed by atoms with E-state index in [1.54, 1.807) is 0 Å². The predicted molar refractivity (Wildman–Crippen MR) is 106 cm³/mol. The Labute approximate surface area is 158 Å². The molecule has 0 aliphatic heterocycles. The van der Waals surface area contributed by atoms with Crippen molar-refractivity contribution in [2.24, 2.45) is 0 Å². The van der Waals surface area contributed by atoms with E-state index in [1.807, 2.05) is 12.1 Å². The number of hydrogen-bond acceptors (Lipinski definition) is 5. The van der Waals surface area contributed by atoms with E-state index in [1.165, 1.54) is 0 Å². The highest BCUT2D eigenvalue weighted by Crippen LogP contribution is 2.44. The summed E-state index contributed by atoms with van der Waals surface area (Å²) in [5.74, 6) is 1.80. The van der Waals surface area contributed by atoms with Gasteiger partial charge >= 0.3 is 7.69 Å². The molecule has 2 aliphatic rings. The van der Waals surface area contributed by atoms with Crippen LogP contribution < -0.4 is 14.1 Å². The Morgan fingerprint density at radius 2 is 1.54 bits per heavy atom. The normalized spacial score (nSPS) is 17.8. The maximum Gasteiger partial charge on any atom is 0.504 e. The smallest absolute Gasteiger partial charge is 0.504 e. The van der Waals surface area contributed by atoms with Gasteiger partial charge in [-0.15, -0.1) is 0 Å². The van der Waals surface area contributed by atoms with Crippen LogP contribution in [-0.4, -0.2) is 33.2 Å². The molecule has 144 valence electrons. The molecule has 0 aromatic heterocycles. The molecule has 0 unspecified atom stereocenters. The summed E-state index contributed by atoms with van der Waals surface area (Å²) in [6.45, 7) is 11.7. The highest BCUT2D eigenvalue weighted by molar-refractivity contribution is 6.74. The molecule has 2 aliphatic carbocycles. The lowest BCUT2D eigenvalue weighted by Crippen LogP contribution is -2.40. The van der Waals surface area contributed by atoms with E-state index in [2.05, 4.69) is 33.9 Å². The molecule has 2 fully saturated rings. The second kappa shape index (κ2) is 7.45. The Morgan fingerprint density at radius 3 is 1.92 bits per heavy atom. The van der Waals surface area contributed by atoms with Crippen molar-refractivity contribution in [1.29, 1.82) is 0 Å². The van der Waals surface area contributed by atoms with Gasteiger partial charge in [-0.3, -0.25) is 0 Å². The van der Waals surface area contributed by atoms with Crippen LogP contribution in [0.2, 0.25) is 18.1 Å². The number of rotatable bonds is 9. The zero-order chi connectivity index (χ0) is 18.9. The highest BCUT2D eigenvalue weighted by Gasteiger charge is 2.37. The van der Waals surface area contributed by atoms with Crippen LogP contribution in [0.1, 0.15) is 52.0 Å². The average molecular weight is 378 g/mol. The Kier molecular flexibility index (Phi) is 5.61. The number of hydrogen-bond donors (Lipinski definition) is 1. The third-order valence-electron chi connectivity index (χ3n) is 5.33. The molecule has 0 spiro atoms. The fourth-order valence-corrected chi connectivity index (χ4v) is 3.27. The fourth-order valence-electron chi connectivity index (χ4n) is 2.31. The maximum atomic E-state index is 9.28. The van der Waals surface area contributed by atoms with Crippen molar-refractivity contribution < 1.29 is 23.6 Å². The van der Waals surface area contributed by atoms with Gasteiger partial charge < -0.3 is 23.6 Å². The van der Waals surface area contributed by atoms with E-state index in [9.17, 15) is 5.02 Å². The van der Waals surface area contributed by atoms with E-state index in [-0.39, 0.29) is 17.2 Å². The summed E-state index contributed by atoms with van der Waals surface area (Å²) in [5, 5.41) is 9.44. The molecule has 3 rings (SSSR count). The first-order valence-electron chi connectivity index (χ1n) is 9.57. The molecule has 1 aromatic rings. The molecule has 0 bridgehead atoms. The zero-order valence-electron chi connectivity index (χ0n) is 16.6. The molecule has 1 aromatic carbocycles. The fraction of sp³-hybridized carbons (Fsp3) is 0.684. The zero-order valence-corrected chi connectivity index (χ0v) is 17.6. The van der Waals surface area contributed by atoms with Crippen molar-refractivity contribution in [2.45, 2.75) is 83.4 Å². The first-order chi connectivity index (χ1) is 12.2. The van der Waals surface area contributed by atoms with Crippen LogP contribution in [0.4, 0.5) is 0 Å². The molecule has 1 N–H and O–H groups in total. The number of benzene rings is 1. The molecule has 7 heteroatoms. The second-order valence-electron chi connectivity index (χ2n) is 8.88. The van der Waals surface area contributed by atoms with Gasteiger partial charge in [0.25, 0.3) is 0 Å². The van der Waals surface area contributed by atoms with Gasteiger partial charge in [0.15, 0.2) is 25.6 Å².